The van der Waals surface area contributed by atoms with Crippen molar-refractivity contribution in [2.75, 3.05) is 5.73 Å². The van der Waals surface area contributed by atoms with Gasteiger partial charge in [0.25, 0.3) is 0 Å². The van der Waals surface area contributed by atoms with E-state index in [-0.39, 0.29) is 5.82 Å². The summed E-state index contributed by atoms with van der Waals surface area (Å²) in [4.78, 5) is 6.68. The van der Waals surface area contributed by atoms with Crippen LogP contribution in [-0.4, -0.2) is 30.6 Å². The van der Waals surface area contributed by atoms with Gasteiger partial charge in [-0.1, -0.05) is 6.07 Å². The van der Waals surface area contributed by atoms with E-state index in [0.717, 1.165) is 12.4 Å². The number of halogens is 3. The van der Waals surface area contributed by atoms with Gasteiger partial charge in [-0.3, -0.25) is 0 Å². The number of benzene rings is 1. The van der Waals surface area contributed by atoms with Gasteiger partial charge < -0.3 is 5.73 Å². The number of tetrazole rings is 1. The molecule has 0 saturated carbocycles. The second kappa shape index (κ2) is 5.06. The number of H-pyrrole nitrogens is 1. The molecule has 7 nitrogen and oxygen atoms in total. The number of nitrogens with two attached hydrogens (primary N) is 1. The van der Waals surface area contributed by atoms with Gasteiger partial charge in [-0.05, 0) is 22.9 Å². The van der Waals surface area contributed by atoms with Gasteiger partial charge in [0, 0.05) is 29.2 Å². The lowest BCUT2D eigenvalue weighted by atomic mass is 10.0. The van der Waals surface area contributed by atoms with Gasteiger partial charge in [0.2, 0.25) is 11.6 Å². The molecule has 10 heteroatoms. The molecule has 0 aliphatic heterocycles. The summed E-state index contributed by atoms with van der Waals surface area (Å²) in [6.07, 6.45) is -2.41. The third kappa shape index (κ3) is 2.57. The third-order valence-electron chi connectivity index (χ3n) is 2.85. The Kier molecular flexibility index (Phi) is 3.20. The van der Waals surface area contributed by atoms with Crippen LogP contribution in [0.3, 0.4) is 0 Å². The molecule has 22 heavy (non-hydrogen) atoms. The number of aromatic nitrogens is 6. The minimum Gasteiger partial charge on any atom is -0.399 e. The van der Waals surface area contributed by atoms with Crippen LogP contribution >= 0.6 is 0 Å². The molecule has 0 saturated heterocycles. The number of hydrogen-bond donors (Lipinski definition) is 2. The summed E-state index contributed by atoms with van der Waals surface area (Å²) in [7, 11) is 0. The monoisotopic (exact) mass is 307 g/mol. The zero-order chi connectivity index (χ0) is 15.7. The Balaban J connectivity index is 2.09. The van der Waals surface area contributed by atoms with E-state index < -0.39 is 12.0 Å². The summed E-state index contributed by atoms with van der Waals surface area (Å²) in [6, 6.07) is 4.83. The van der Waals surface area contributed by atoms with Crippen LogP contribution in [-0.2, 0) is 6.18 Å². The molecule has 3 N–H and O–H groups in total. The highest BCUT2D eigenvalue weighted by atomic mass is 19.4. The standard InChI is InChI=1S/C12H8F3N7/c13-12(14,15)11-17-4-6(5-18-11)8-2-1-7(16)3-9(8)10-19-21-22-20-10/h1-5H,16H2,(H,19,20,21,22). The highest BCUT2D eigenvalue weighted by molar-refractivity contribution is 5.81. The molecule has 0 bridgehead atoms. The number of nitrogens with one attached hydrogen (secondary N) is 1. The fraction of sp³-hybridized carbons (Fsp3) is 0.0833. The first-order valence-corrected chi connectivity index (χ1v) is 5.98. The Labute approximate surface area is 121 Å². The minimum atomic E-state index is -4.59. The smallest absolute Gasteiger partial charge is 0.399 e. The predicted octanol–water partition coefficient (Wildman–Crippen LogP) is 1.92. The summed E-state index contributed by atoms with van der Waals surface area (Å²) in [5.74, 6) is -0.935. The number of alkyl halides is 3. The molecular formula is C12H8F3N7. The highest BCUT2D eigenvalue weighted by Crippen LogP contribution is 2.32. The van der Waals surface area contributed by atoms with Crippen LogP contribution in [0.1, 0.15) is 5.82 Å². The molecule has 2 aromatic heterocycles. The molecule has 3 rings (SSSR count). The second-order valence-electron chi connectivity index (χ2n) is 4.33. The minimum absolute atomic E-state index is 0.266. The molecular weight excluding hydrogens is 299 g/mol. The van der Waals surface area contributed by atoms with Crippen LogP contribution in [0.5, 0.6) is 0 Å². The molecule has 0 unspecified atom stereocenters. The average molecular weight is 307 g/mol. The van der Waals surface area contributed by atoms with Crippen LogP contribution in [0.4, 0.5) is 18.9 Å². The van der Waals surface area contributed by atoms with Gasteiger partial charge in [0.1, 0.15) is 0 Å². The maximum Gasteiger partial charge on any atom is 0.451 e. The van der Waals surface area contributed by atoms with E-state index in [2.05, 4.69) is 30.6 Å². The molecule has 0 amide bonds. The Morgan fingerprint density at radius 1 is 1.05 bits per heavy atom. The van der Waals surface area contributed by atoms with Crippen molar-refractivity contribution in [3.63, 3.8) is 0 Å². The van der Waals surface area contributed by atoms with Crippen LogP contribution in [0.15, 0.2) is 30.6 Å². The third-order valence-corrected chi connectivity index (χ3v) is 2.85. The van der Waals surface area contributed by atoms with Crippen LogP contribution < -0.4 is 5.73 Å². The van der Waals surface area contributed by atoms with Crippen molar-refractivity contribution in [1.29, 1.82) is 0 Å². The van der Waals surface area contributed by atoms with E-state index in [9.17, 15) is 13.2 Å². The molecule has 0 spiro atoms. The first-order chi connectivity index (χ1) is 10.4. The highest BCUT2D eigenvalue weighted by Gasteiger charge is 2.34. The summed E-state index contributed by atoms with van der Waals surface area (Å²) in [6.45, 7) is 0. The van der Waals surface area contributed by atoms with Crippen LogP contribution in [0, 0.1) is 0 Å². The maximum absolute atomic E-state index is 12.5. The fourth-order valence-electron chi connectivity index (χ4n) is 1.89. The van der Waals surface area contributed by atoms with E-state index in [1.54, 1.807) is 18.2 Å². The largest absolute Gasteiger partial charge is 0.451 e. The summed E-state index contributed by atoms with van der Waals surface area (Å²) in [5.41, 5.74) is 7.62. The zero-order valence-electron chi connectivity index (χ0n) is 10.8. The summed E-state index contributed by atoms with van der Waals surface area (Å²) >= 11 is 0. The molecule has 0 radical (unpaired) electrons. The van der Waals surface area contributed by atoms with E-state index in [1.807, 2.05) is 0 Å². The van der Waals surface area contributed by atoms with Crippen molar-refractivity contribution in [3.05, 3.63) is 36.4 Å². The molecule has 112 valence electrons. The molecule has 3 aromatic rings. The Morgan fingerprint density at radius 3 is 2.36 bits per heavy atom. The molecule has 0 aliphatic rings. The molecule has 2 heterocycles. The fourth-order valence-corrected chi connectivity index (χ4v) is 1.89. The number of nitrogen functional groups attached to an aromatic ring is 1. The topological polar surface area (TPSA) is 106 Å². The Morgan fingerprint density at radius 2 is 1.77 bits per heavy atom. The van der Waals surface area contributed by atoms with E-state index >= 15 is 0 Å². The lowest BCUT2D eigenvalue weighted by Crippen LogP contribution is -2.10. The second-order valence-corrected chi connectivity index (χ2v) is 4.33. The maximum atomic E-state index is 12.5. The van der Waals surface area contributed by atoms with Gasteiger partial charge in [0.15, 0.2) is 0 Å². The normalized spacial score (nSPS) is 11.6. The Hall–Kier alpha value is -3.04. The van der Waals surface area contributed by atoms with Gasteiger partial charge >= 0.3 is 6.18 Å². The van der Waals surface area contributed by atoms with E-state index in [1.165, 1.54) is 0 Å². The van der Waals surface area contributed by atoms with Gasteiger partial charge in [-0.2, -0.15) is 18.4 Å². The van der Waals surface area contributed by atoms with Gasteiger partial charge in [-0.25, -0.2) is 9.97 Å². The number of rotatable bonds is 2. The predicted molar refractivity (Wildman–Crippen MR) is 70.1 cm³/mol. The van der Waals surface area contributed by atoms with Crippen molar-refractivity contribution in [1.82, 2.24) is 30.6 Å². The zero-order valence-corrected chi connectivity index (χ0v) is 10.8. The van der Waals surface area contributed by atoms with Crippen molar-refractivity contribution >= 4 is 5.69 Å². The van der Waals surface area contributed by atoms with Gasteiger partial charge in [-0.15, -0.1) is 10.2 Å². The lowest BCUT2D eigenvalue weighted by molar-refractivity contribution is -0.144. The van der Waals surface area contributed by atoms with Crippen molar-refractivity contribution in [2.24, 2.45) is 0 Å². The quantitative estimate of drug-likeness (QED) is 0.701. The van der Waals surface area contributed by atoms with Gasteiger partial charge in [0.05, 0.1) is 0 Å². The molecule has 0 atom stereocenters. The van der Waals surface area contributed by atoms with E-state index in [4.69, 9.17) is 5.73 Å². The number of nitrogens with zero attached hydrogens (tertiary/aromatic N) is 5. The summed E-state index contributed by atoms with van der Waals surface area (Å²) < 4.78 is 37.5. The van der Waals surface area contributed by atoms with Crippen LogP contribution in [0.2, 0.25) is 0 Å². The van der Waals surface area contributed by atoms with E-state index in [0.29, 0.717) is 22.4 Å². The van der Waals surface area contributed by atoms with Crippen LogP contribution in [0.25, 0.3) is 22.5 Å². The Bertz CT molecular complexity index is 781. The first-order valence-electron chi connectivity index (χ1n) is 5.98. The SMILES string of the molecule is Nc1ccc(-c2cnc(C(F)(F)F)nc2)c(-c2nn[nH]n2)c1. The average Bonchev–Trinajstić information content (AvgIpc) is 3.00. The molecule has 1 aromatic carbocycles. The first kappa shape index (κ1) is 13.9. The van der Waals surface area contributed by atoms with Crippen molar-refractivity contribution in [2.45, 2.75) is 6.18 Å². The number of hydrogen-bond acceptors (Lipinski definition) is 6. The lowest BCUT2D eigenvalue weighted by Gasteiger charge is -2.09. The molecule has 0 fully saturated rings. The van der Waals surface area contributed by atoms with Crippen molar-refractivity contribution in [3.8, 4) is 22.5 Å². The number of anilines is 1. The molecule has 0 aliphatic carbocycles. The van der Waals surface area contributed by atoms with Crippen molar-refractivity contribution < 1.29 is 13.2 Å². The summed E-state index contributed by atoms with van der Waals surface area (Å²) in [5, 5.41) is 13.5. The number of aromatic amines is 1.